The fourth-order valence-electron chi connectivity index (χ4n) is 2.23. The molecule has 3 rings (SSSR count). The number of benzene rings is 2. The van der Waals surface area contributed by atoms with Crippen molar-refractivity contribution in [1.82, 2.24) is 0 Å². The number of hydrogen-bond acceptors (Lipinski definition) is 3. The van der Waals surface area contributed by atoms with Gasteiger partial charge in [0, 0.05) is 5.56 Å². The van der Waals surface area contributed by atoms with Gasteiger partial charge in [0.15, 0.2) is 5.76 Å². The van der Waals surface area contributed by atoms with E-state index in [1.54, 1.807) is 24.3 Å². The van der Waals surface area contributed by atoms with E-state index >= 15 is 0 Å². The smallest absolute Gasteiger partial charge is 0.211 e. The Morgan fingerprint density at radius 1 is 1.10 bits per heavy atom. The van der Waals surface area contributed by atoms with Crippen LogP contribution in [0.1, 0.15) is 11.1 Å². The summed E-state index contributed by atoms with van der Waals surface area (Å²) in [5.74, 6) is 0.333. The second-order valence-electron chi connectivity index (χ2n) is 4.61. The van der Waals surface area contributed by atoms with Crippen molar-refractivity contribution in [3.8, 4) is 17.4 Å². The minimum absolute atomic E-state index is 0.0503. The molecule has 0 unspecified atom stereocenters. The molecular weight excluding hydrogens is 250 g/mol. The maximum atomic E-state index is 12.4. The highest BCUT2D eigenvalue weighted by Gasteiger charge is 2.15. The molecule has 0 radical (unpaired) electrons. The standard InChI is InChI=1S/C17H11NO2/c1-11-5-4-6-12(9-11)17-14(10-18)16(19)13-7-2-3-8-15(13)20-17/h2-9H,1H3. The predicted octanol–water partition coefficient (Wildman–Crippen LogP) is 3.64. The monoisotopic (exact) mass is 261 g/mol. The van der Waals surface area contributed by atoms with E-state index in [9.17, 15) is 10.1 Å². The minimum Gasteiger partial charge on any atom is -0.454 e. The SMILES string of the molecule is Cc1cccc(-c2oc3ccccc3c(=O)c2C#N)c1. The largest absolute Gasteiger partial charge is 0.454 e. The number of fused-ring (bicyclic) bond motifs is 1. The first-order chi connectivity index (χ1) is 9.70. The Morgan fingerprint density at radius 2 is 1.90 bits per heavy atom. The van der Waals surface area contributed by atoms with Gasteiger partial charge in [0.2, 0.25) is 5.43 Å². The van der Waals surface area contributed by atoms with Crippen LogP contribution >= 0.6 is 0 Å². The number of rotatable bonds is 1. The summed E-state index contributed by atoms with van der Waals surface area (Å²) in [6.45, 7) is 1.95. The molecule has 2 aromatic carbocycles. The lowest BCUT2D eigenvalue weighted by atomic mass is 10.0. The van der Waals surface area contributed by atoms with Crippen LogP contribution in [0.15, 0.2) is 57.7 Å². The van der Waals surface area contributed by atoms with Gasteiger partial charge in [-0.1, -0.05) is 35.9 Å². The molecule has 0 bridgehead atoms. The van der Waals surface area contributed by atoms with Crippen molar-refractivity contribution in [3.63, 3.8) is 0 Å². The molecule has 0 aliphatic carbocycles. The van der Waals surface area contributed by atoms with Crippen LogP contribution in [0, 0.1) is 18.3 Å². The maximum Gasteiger partial charge on any atom is 0.211 e. The normalized spacial score (nSPS) is 10.4. The molecule has 96 valence electrons. The Bertz CT molecular complexity index is 901. The molecule has 1 heterocycles. The quantitative estimate of drug-likeness (QED) is 0.672. The Morgan fingerprint density at radius 3 is 2.65 bits per heavy atom. The third-order valence-corrected chi connectivity index (χ3v) is 3.19. The van der Waals surface area contributed by atoms with Gasteiger partial charge in [-0.25, -0.2) is 0 Å². The summed E-state index contributed by atoms with van der Waals surface area (Å²) in [7, 11) is 0. The zero-order valence-corrected chi connectivity index (χ0v) is 10.9. The van der Waals surface area contributed by atoms with Crippen LogP contribution in [-0.4, -0.2) is 0 Å². The van der Waals surface area contributed by atoms with Gasteiger partial charge in [-0.3, -0.25) is 4.79 Å². The zero-order chi connectivity index (χ0) is 14.1. The van der Waals surface area contributed by atoms with Crippen LogP contribution in [0.25, 0.3) is 22.3 Å². The molecule has 0 saturated heterocycles. The molecule has 3 nitrogen and oxygen atoms in total. The van der Waals surface area contributed by atoms with Gasteiger partial charge in [0.05, 0.1) is 5.39 Å². The Kier molecular flexibility index (Phi) is 2.85. The lowest BCUT2D eigenvalue weighted by Gasteiger charge is -2.06. The van der Waals surface area contributed by atoms with Crippen molar-refractivity contribution in [2.45, 2.75) is 6.92 Å². The molecule has 3 aromatic rings. The van der Waals surface area contributed by atoms with Gasteiger partial charge in [-0.05, 0) is 25.1 Å². The summed E-state index contributed by atoms with van der Waals surface area (Å²) >= 11 is 0. The molecule has 0 aliphatic rings. The van der Waals surface area contributed by atoms with Gasteiger partial charge >= 0.3 is 0 Å². The highest BCUT2D eigenvalue weighted by molar-refractivity contribution is 5.81. The van der Waals surface area contributed by atoms with Gasteiger partial charge in [-0.15, -0.1) is 0 Å². The number of para-hydroxylation sites is 1. The van der Waals surface area contributed by atoms with Gasteiger partial charge in [0.25, 0.3) is 0 Å². The first kappa shape index (κ1) is 12.2. The number of aryl methyl sites for hydroxylation is 1. The van der Waals surface area contributed by atoms with Crippen LogP contribution in [0.3, 0.4) is 0 Å². The Labute approximate surface area is 115 Å². The second-order valence-corrected chi connectivity index (χ2v) is 4.61. The van der Waals surface area contributed by atoms with E-state index in [4.69, 9.17) is 4.42 Å². The molecule has 0 amide bonds. The van der Waals surface area contributed by atoms with Gasteiger partial charge in [0.1, 0.15) is 17.2 Å². The lowest BCUT2D eigenvalue weighted by Crippen LogP contribution is -2.08. The van der Waals surface area contributed by atoms with Crippen molar-refractivity contribution < 1.29 is 4.42 Å². The van der Waals surface area contributed by atoms with Gasteiger partial charge < -0.3 is 4.42 Å². The van der Waals surface area contributed by atoms with Crippen LogP contribution in [0.2, 0.25) is 0 Å². The Hall–Kier alpha value is -2.86. The molecule has 0 atom stereocenters. The van der Waals surface area contributed by atoms with Crippen LogP contribution < -0.4 is 5.43 Å². The topological polar surface area (TPSA) is 54.0 Å². The van der Waals surface area contributed by atoms with E-state index in [0.717, 1.165) is 11.1 Å². The first-order valence-corrected chi connectivity index (χ1v) is 6.23. The fraction of sp³-hybridized carbons (Fsp3) is 0.0588. The summed E-state index contributed by atoms with van der Waals surface area (Å²) in [5.41, 5.74) is 2.04. The fourth-order valence-corrected chi connectivity index (χ4v) is 2.23. The summed E-state index contributed by atoms with van der Waals surface area (Å²) in [6.07, 6.45) is 0. The van der Waals surface area contributed by atoms with Crippen molar-refractivity contribution in [2.75, 3.05) is 0 Å². The molecule has 0 fully saturated rings. The molecule has 0 N–H and O–H groups in total. The van der Waals surface area contributed by atoms with Crippen molar-refractivity contribution >= 4 is 11.0 Å². The average molecular weight is 261 g/mol. The van der Waals surface area contributed by atoms with Crippen LogP contribution in [0.5, 0.6) is 0 Å². The summed E-state index contributed by atoms with van der Waals surface area (Å²) in [4.78, 5) is 12.4. The van der Waals surface area contributed by atoms with E-state index < -0.39 is 0 Å². The van der Waals surface area contributed by atoms with Crippen LogP contribution in [-0.2, 0) is 0 Å². The number of nitriles is 1. The third-order valence-electron chi connectivity index (χ3n) is 3.19. The number of hydrogen-bond donors (Lipinski definition) is 0. The maximum absolute atomic E-state index is 12.4. The Balaban J connectivity index is 2.42. The molecule has 0 spiro atoms. The third kappa shape index (κ3) is 1.88. The number of nitrogens with zero attached hydrogens (tertiary/aromatic N) is 1. The first-order valence-electron chi connectivity index (χ1n) is 6.23. The molecular formula is C17H11NO2. The summed E-state index contributed by atoms with van der Waals surface area (Å²) in [5, 5.41) is 9.71. The lowest BCUT2D eigenvalue weighted by molar-refractivity contribution is 0.617. The molecule has 0 aliphatic heterocycles. The van der Waals surface area contributed by atoms with E-state index in [1.807, 2.05) is 37.3 Å². The average Bonchev–Trinajstić information content (AvgIpc) is 2.47. The predicted molar refractivity (Wildman–Crippen MR) is 77.4 cm³/mol. The molecule has 20 heavy (non-hydrogen) atoms. The summed E-state index contributed by atoms with van der Waals surface area (Å²) in [6, 6.07) is 16.5. The van der Waals surface area contributed by atoms with Crippen molar-refractivity contribution in [1.29, 1.82) is 5.26 Å². The van der Waals surface area contributed by atoms with E-state index in [-0.39, 0.29) is 11.0 Å². The van der Waals surface area contributed by atoms with Gasteiger partial charge in [-0.2, -0.15) is 5.26 Å². The molecule has 3 heteroatoms. The van der Waals surface area contributed by atoms with E-state index in [2.05, 4.69) is 0 Å². The van der Waals surface area contributed by atoms with Crippen LogP contribution in [0.4, 0.5) is 0 Å². The molecule has 0 saturated carbocycles. The minimum atomic E-state index is -0.286. The summed E-state index contributed by atoms with van der Waals surface area (Å²) < 4.78 is 5.78. The van der Waals surface area contributed by atoms with E-state index in [0.29, 0.717) is 16.7 Å². The van der Waals surface area contributed by atoms with Crippen molar-refractivity contribution in [3.05, 3.63) is 69.9 Å². The van der Waals surface area contributed by atoms with Crippen molar-refractivity contribution in [2.24, 2.45) is 0 Å². The van der Waals surface area contributed by atoms with E-state index in [1.165, 1.54) is 0 Å². The highest BCUT2D eigenvalue weighted by Crippen LogP contribution is 2.26. The zero-order valence-electron chi connectivity index (χ0n) is 10.9. The molecule has 1 aromatic heterocycles. The highest BCUT2D eigenvalue weighted by atomic mass is 16.3. The second kappa shape index (κ2) is 4.67.